The highest BCUT2D eigenvalue weighted by Gasteiger charge is 2.39. The largest absolute Gasteiger partial charge is 0.480 e. The first-order chi connectivity index (χ1) is 8.72. The summed E-state index contributed by atoms with van der Waals surface area (Å²) in [6.07, 6.45) is 2.21. The SMILES string of the molecule is CC(C)(C)CC(N)(C(=O)O)c1ccc2[nH]ccc2c1. The van der Waals surface area contributed by atoms with Crippen molar-refractivity contribution in [2.45, 2.75) is 32.7 Å². The Morgan fingerprint density at radius 3 is 2.58 bits per heavy atom. The second-order valence-corrected chi connectivity index (χ2v) is 6.29. The van der Waals surface area contributed by atoms with Crippen molar-refractivity contribution < 1.29 is 9.90 Å². The number of hydrogen-bond donors (Lipinski definition) is 3. The molecule has 0 spiro atoms. The van der Waals surface area contributed by atoms with E-state index in [0.29, 0.717) is 12.0 Å². The minimum atomic E-state index is -1.36. The number of hydrogen-bond acceptors (Lipinski definition) is 2. The maximum absolute atomic E-state index is 11.6. The summed E-state index contributed by atoms with van der Waals surface area (Å²) in [6, 6.07) is 7.43. The fraction of sp³-hybridized carbons (Fsp3) is 0.400. The third-order valence-corrected chi connectivity index (χ3v) is 3.26. The van der Waals surface area contributed by atoms with Crippen LogP contribution in [0.1, 0.15) is 32.8 Å². The van der Waals surface area contributed by atoms with Gasteiger partial charge in [0.25, 0.3) is 0 Å². The maximum Gasteiger partial charge on any atom is 0.328 e. The third-order valence-electron chi connectivity index (χ3n) is 3.26. The van der Waals surface area contributed by atoms with Crippen LogP contribution in [0.3, 0.4) is 0 Å². The zero-order valence-electron chi connectivity index (χ0n) is 11.5. The number of H-pyrrole nitrogens is 1. The van der Waals surface area contributed by atoms with Crippen LogP contribution in [-0.4, -0.2) is 16.1 Å². The van der Waals surface area contributed by atoms with Crippen molar-refractivity contribution in [1.82, 2.24) is 4.98 Å². The van der Waals surface area contributed by atoms with Crippen molar-refractivity contribution in [2.24, 2.45) is 11.1 Å². The first-order valence-corrected chi connectivity index (χ1v) is 6.32. The van der Waals surface area contributed by atoms with Gasteiger partial charge in [-0.3, -0.25) is 0 Å². The summed E-state index contributed by atoms with van der Waals surface area (Å²) in [4.78, 5) is 14.7. The quantitative estimate of drug-likeness (QED) is 0.794. The van der Waals surface area contributed by atoms with Crippen LogP contribution in [0.2, 0.25) is 0 Å². The lowest BCUT2D eigenvalue weighted by Gasteiger charge is -2.32. The highest BCUT2D eigenvalue weighted by Crippen LogP contribution is 2.34. The molecule has 102 valence electrons. The van der Waals surface area contributed by atoms with Crippen LogP contribution in [0.5, 0.6) is 0 Å². The van der Waals surface area contributed by atoms with E-state index in [1.807, 2.05) is 45.2 Å². The van der Waals surface area contributed by atoms with E-state index in [-0.39, 0.29) is 5.41 Å². The molecular weight excluding hydrogens is 240 g/mol. The normalized spacial score (nSPS) is 15.4. The molecule has 0 aliphatic heterocycles. The Morgan fingerprint density at radius 1 is 1.32 bits per heavy atom. The van der Waals surface area contributed by atoms with Crippen LogP contribution in [-0.2, 0) is 10.3 Å². The van der Waals surface area contributed by atoms with Crippen molar-refractivity contribution >= 4 is 16.9 Å². The molecule has 2 aromatic rings. The number of aromatic amines is 1. The number of carboxylic acids is 1. The summed E-state index contributed by atoms with van der Waals surface area (Å²) in [5, 5.41) is 10.5. The molecule has 0 saturated carbocycles. The lowest BCUT2D eigenvalue weighted by molar-refractivity contribution is -0.145. The summed E-state index contributed by atoms with van der Waals surface area (Å²) in [7, 11) is 0. The molecule has 4 nitrogen and oxygen atoms in total. The maximum atomic E-state index is 11.6. The number of nitrogens with two attached hydrogens (primary N) is 1. The fourth-order valence-electron chi connectivity index (χ4n) is 2.47. The highest BCUT2D eigenvalue weighted by molar-refractivity contribution is 5.85. The molecule has 2 rings (SSSR count). The molecule has 4 heteroatoms. The lowest BCUT2D eigenvalue weighted by atomic mass is 9.76. The van der Waals surface area contributed by atoms with Crippen molar-refractivity contribution in [1.29, 1.82) is 0 Å². The Bertz CT molecular complexity index is 610. The Balaban J connectivity index is 2.51. The Hall–Kier alpha value is -1.81. The van der Waals surface area contributed by atoms with Crippen molar-refractivity contribution in [3.63, 3.8) is 0 Å². The Kier molecular flexibility index (Phi) is 3.14. The summed E-state index contributed by atoms with van der Waals surface area (Å²) in [6.45, 7) is 5.98. The molecule has 0 fully saturated rings. The van der Waals surface area contributed by atoms with Crippen LogP contribution in [0.15, 0.2) is 30.5 Å². The topological polar surface area (TPSA) is 79.1 Å². The monoisotopic (exact) mass is 260 g/mol. The number of nitrogens with one attached hydrogen (secondary N) is 1. The van der Waals surface area contributed by atoms with Gasteiger partial charge in [0.1, 0.15) is 5.54 Å². The molecule has 0 amide bonds. The van der Waals surface area contributed by atoms with Crippen LogP contribution in [0, 0.1) is 5.41 Å². The Morgan fingerprint density at radius 2 is 2.00 bits per heavy atom. The number of aromatic nitrogens is 1. The average molecular weight is 260 g/mol. The summed E-state index contributed by atoms with van der Waals surface area (Å²) in [5.41, 5.74) is 6.29. The molecule has 19 heavy (non-hydrogen) atoms. The van der Waals surface area contributed by atoms with E-state index in [1.54, 1.807) is 6.07 Å². The first-order valence-electron chi connectivity index (χ1n) is 6.32. The average Bonchev–Trinajstić information content (AvgIpc) is 2.72. The molecule has 1 atom stereocenters. The first kappa shape index (κ1) is 13.6. The smallest absolute Gasteiger partial charge is 0.328 e. The summed E-state index contributed by atoms with van der Waals surface area (Å²) in [5.74, 6) is -0.989. The van der Waals surface area contributed by atoms with Gasteiger partial charge in [-0.1, -0.05) is 26.8 Å². The molecule has 0 bridgehead atoms. The molecule has 0 aliphatic carbocycles. The molecule has 0 saturated heterocycles. The van der Waals surface area contributed by atoms with E-state index in [2.05, 4.69) is 4.98 Å². The van der Waals surface area contributed by atoms with Gasteiger partial charge >= 0.3 is 5.97 Å². The van der Waals surface area contributed by atoms with Gasteiger partial charge in [0.05, 0.1) is 0 Å². The minimum Gasteiger partial charge on any atom is -0.480 e. The number of carboxylic acid groups (broad SMARTS) is 1. The zero-order valence-corrected chi connectivity index (χ0v) is 11.5. The predicted molar refractivity (Wildman–Crippen MR) is 75.9 cm³/mol. The molecular formula is C15H20N2O2. The predicted octanol–water partition coefficient (Wildman–Crippen LogP) is 2.84. The molecule has 1 aromatic carbocycles. The van der Waals surface area contributed by atoms with Gasteiger partial charge in [0.2, 0.25) is 0 Å². The van der Waals surface area contributed by atoms with E-state index in [9.17, 15) is 9.90 Å². The molecule has 0 aliphatic rings. The van der Waals surface area contributed by atoms with Crippen molar-refractivity contribution in [2.75, 3.05) is 0 Å². The second kappa shape index (κ2) is 4.38. The van der Waals surface area contributed by atoms with Gasteiger partial charge in [-0.05, 0) is 41.0 Å². The van der Waals surface area contributed by atoms with Crippen LogP contribution in [0.25, 0.3) is 10.9 Å². The molecule has 1 unspecified atom stereocenters. The molecule has 0 radical (unpaired) electrons. The number of carbonyl (C=O) groups is 1. The molecule has 1 aromatic heterocycles. The van der Waals surface area contributed by atoms with E-state index in [4.69, 9.17) is 5.73 Å². The van der Waals surface area contributed by atoms with Gasteiger partial charge in [-0.2, -0.15) is 0 Å². The number of benzene rings is 1. The van der Waals surface area contributed by atoms with Crippen molar-refractivity contribution in [3.05, 3.63) is 36.0 Å². The zero-order chi connectivity index (χ0) is 14.3. The van der Waals surface area contributed by atoms with Gasteiger partial charge in [0.15, 0.2) is 0 Å². The summed E-state index contributed by atoms with van der Waals surface area (Å²) < 4.78 is 0. The molecule has 4 N–H and O–H groups in total. The van der Waals surface area contributed by atoms with E-state index < -0.39 is 11.5 Å². The lowest BCUT2D eigenvalue weighted by Crippen LogP contribution is -2.47. The van der Waals surface area contributed by atoms with E-state index in [0.717, 1.165) is 10.9 Å². The van der Waals surface area contributed by atoms with E-state index in [1.165, 1.54) is 0 Å². The van der Waals surface area contributed by atoms with E-state index >= 15 is 0 Å². The van der Waals surface area contributed by atoms with Crippen molar-refractivity contribution in [3.8, 4) is 0 Å². The van der Waals surface area contributed by atoms with Gasteiger partial charge in [-0.15, -0.1) is 0 Å². The minimum absolute atomic E-state index is 0.166. The van der Waals surface area contributed by atoms with Crippen LogP contribution >= 0.6 is 0 Å². The molecule has 1 heterocycles. The van der Waals surface area contributed by atoms with Crippen LogP contribution in [0.4, 0.5) is 0 Å². The van der Waals surface area contributed by atoms with Gasteiger partial charge in [0, 0.05) is 11.7 Å². The third kappa shape index (κ3) is 2.63. The second-order valence-electron chi connectivity index (χ2n) is 6.29. The van der Waals surface area contributed by atoms with Gasteiger partial charge in [-0.25, -0.2) is 4.79 Å². The Labute approximate surface area is 112 Å². The fourth-order valence-corrected chi connectivity index (χ4v) is 2.47. The number of fused-ring (bicyclic) bond motifs is 1. The summed E-state index contributed by atoms with van der Waals surface area (Å²) >= 11 is 0. The van der Waals surface area contributed by atoms with Gasteiger partial charge < -0.3 is 15.8 Å². The van der Waals surface area contributed by atoms with Crippen LogP contribution < -0.4 is 5.73 Å². The number of aliphatic carboxylic acids is 1. The highest BCUT2D eigenvalue weighted by atomic mass is 16.4. The number of rotatable bonds is 3. The standard InChI is InChI=1S/C15H20N2O2/c1-14(2,3)9-15(16,13(18)19)11-4-5-12-10(8-11)6-7-17-12/h4-8,17H,9,16H2,1-3H3,(H,18,19).